The molecule has 0 spiro atoms. The van der Waals surface area contributed by atoms with Crippen LogP contribution in [0.15, 0.2) is 34.5 Å². The van der Waals surface area contributed by atoms with Crippen LogP contribution in [0, 0.1) is 0 Å². The molecule has 1 heterocycles. The molecule has 1 atom stereocenters. The van der Waals surface area contributed by atoms with Gasteiger partial charge in [0.15, 0.2) is 15.0 Å². The van der Waals surface area contributed by atoms with E-state index in [0.29, 0.717) is 23.1 Å². The maximum Gasteiger partial charge on any atom is 0.225 e. The van der Waals surface area contributed by atoms with Crippen molar-refractivity contribution in [3.05, 3.63) is 40.9 Å². The van der Waals surface area contributed by atoms with Crippen molar-refractivity contribution in [2.45, 2.75) is 38.3 Å². The molecule has 0 N–H and O–H groups in total. The molecule has 0 radical (unpaired) electrons. The van der Waals surface area contributed by atoms with Crippen LogP contribution in [-0.2, 0) is 21.2 Å². The van der Waals surface area contributed by atoms with Gasteiger partial charge in [0.25, 0.3) is 0 Å². The molecular formula is C18H25N3O3S2. The smallest absolute Gasteiger partial charge is 0.225 e. The Kier molecular flexibility index (Phi) is 6.54. The zero-order valence-electron chi connectivity index (χ0n) is 15.8. The van der Waals surface area contributed by atoms with Crippen molar-refractivity contribution in [1.29, 1.82) is 0 Å². The van der Waals surface area contributed by atoms with Gasteiger partial charge in [0.2, 0.25) is 5.91 Å². The van der Waals surface area contributed by atoms with E-state index < -0.39 is 9.84 Å². The lowest BCUT2D eigenvalue weighted by Crippen LogP contribution is -2.28. The van der Waals surface area contributed by atoms with Crippen molar-refractivity contribution < 1.29 is 13.2 Å². The van der Waals surface area contributed by atoms with E-state index in [4.69, 9.17) is 0 Å². The molecule has 1 aromatic carbocycles. The predicted octanol–water partition coefficient (Wildman–Crippen LogP) is 3.11. The molecule has 6 nitrogen and oxygen atoms in total. The number of aromatic nitrogens is 1. The van der Waals surface area contributed by atoms with Crippen molar-refractivity contribution in [3.8, 4) is 0 Å². The Morgan fingerprint density at radius 2 is 1.88 bits per heavy atom. The third-order valence-electron chi connectivity index (χ3n) is 4.33. The molecule has 8 heteroatoms. The lowest BCUT2D eigenvalue weighted by Gasteiger charge is -2.24. The van der Waals surface area contributed by atoms with Crippen molar-refractivity contribution in [3.63, 3.8) is 0 Å². The second-order valence-electron chi connectivity index (χ2n) is 6.32. The largest absolute Gasteiger partial charge is 0.294 e. The Hall–Kier alpha value is -1.77. The molecule has 0 bridgehead atoms. The van der Waals surface area contributed by atoms with E-state index in [9.17, 15) is 13.2 Å². The zero-order valence-corrected chi connectivity index (χ0v) is 17.4. The van der Waals surface area contributed by atoms with E-state index in [2.05, 4.69) is 16.8 Å². The fourth-order valence-corrected chi connectivity index (χ4v) is 4.18. The fourth-order valence-electron chi connectivity index (χ4n) is 2.63. The van der Waals surface area contributed by atoms with Gasteiger partial charge in [0, 0.05) is 37.7 Å². The number of nitrogens with zero attached hydrogens (tertiary/aromatic N) is 3. The third-order valence-corrected chi connectivity index (χ3v) is 6.37. The number of carbonyl (C=O) groups is 1. The Labute approximate surface area is 159 Å². The molecule has 142 valence electrons. The molecule has 0 aliphatic heterocycles. The summed E-state index contributed by atoms with van der Waals surface area (Å²) in [5.74, 6) is -0.0129. The summed E-state index contributed by atoms with van der Waals surface area (Å²) in [6.45, 7) is 6.77. The number of amides is 1. The van der Waals surface area contributed by atoms with E-state index in [1.165, 1.54) is 17.6 Å². The van der Waals surface area contributed by atoms with Crippen LogP contribution in [0.2, 0.25) is 0 Å². The van der Waals surface area contributed by atoms with Gasteiger partial charge >= 0.3 is 0 Å². The summed E-state index contributed by atoms with van der Waals surface area (Å²) in [5, 5.41) is 2.69. The molecule has 0 aliphatic rings. The Bertz CT molecular complexity index is 860. The van der Waals surface area contributed by atoms with Gasteiger partial charge in [0.1, 0.15) is 0 Å². The van der Waals surface area contributed by atoms with E-state index in [1.54, 1.807) is 24.0 Å². The predicted molar refractivity (Wildman–Crippen MR) is 105 cm³/mol. The number of carbonyl (C=O) groups excluding carboxylic acids is 1. The summed E-state index contributed by atoms with van der Waals surface area (Å²) in [4.78, 5) is 20.3. The molecule has 0 saturated heterocycles. The lowest BCUT2D eigenvalue weighted by molar-refractivity contribution is -0.116. The Balaban J connectivity index is 2.08. The first kappa shape index (κ1) is 20.5. The van der Waals surface area contributed by atoms with Crippen LogP contribution in [0.1, 0.15) is 38.1 Å². The topological polar surface area (TPSA) is 70.6 Å². The van der Waals surface area contributed by atoms with Gasteiger partial charge in [-0.3, -0.25) is 14.6 Å². The summed E-state index contributed by atoms with van der Waals surface area (Å²) in [6.07, 6.45) is 1.21. The average molecular weight is 396 g/mol. The van der Waals surface area contributed by atoms with Gasteiger partial charge in [-0.1, -0.05) is 12.1 Å². The highest BCUT2D eigenvalue weighted by Crippen LogP contribution is 2.25. The van der Waals surface area contributed by atoms with Crippen molar-refractivity contribution >= 4 is 32.2 Å². The maximum atomic E-state index is 11.6. The van der Waals surface area contributed by atoms with Crippen LogP contribution in [0.25, 0.3) is 0 Å². The normalized spacial score (nSPS) is 13.0. The van der Waals surface area contributed by atoms with Crippen LogP contribution >= 0.6 is 11.3 Å². The molecule has 0 fully saturated rings. The van der Waals surface area contributed by atoms with E-state index >= 15 is 0 Å². The third kappa shape index (κ3) is 4.90. The molecule has 26 heavy (non-hydrogen) atoms. The van der Waals surface area contributed by atoms with Crippen LogP contribution in [-0.4, -0.2) is 44.1 Å². The van der Waals surface area contributed by atoms with Gasteiger partial charge in [-0.15, -0.1) is 11.3 Å². The fraction of sp³-hybridized carbons (Fsp3) is 0.444. The zero-order chi connectivity index (χ0) is 19.5. The molecule has 2 rings (SSSR count). The highest BCUT2D eigenvalue weighted by Gasteiger charge is 2.17. The minimum absolute atomic E-state index is 0.0129. The minimum Gasteiger partial charge on any atom is -0.294 e. The van der Waals surface area contributed by atoms with E-state index in [-0.39, 0.29) is 11.9 Å². The molecular weight excluding hydrogens is 370 g/mol. The van der Waals surface area contributed by atoms with Crippen molar-refractivity contribution in [2.75, 3.05) is 24.7 Å². The summed E-state index contributed by atoms with van der Waals surface area (Å²) in [5.41, 5.74) is 1.95. The standard InChI is InChI=1S/C18H25N3O3S2/c1-6-21(14(3)22)18-19-16(12-25-18)11-20(4)13(2)15-7-9-17(10-8-15)26(5,23)24/h7-10,12-13H,6,11H2,1-5H3. The van der Waals surface area contributed by atoms with Gasteiger partial charge in [-0.25, -0.2) is 13.4 Å². The van der Waals surface area contributed by atoms with E-state index in [0.717, 1.165) is 11.3 Å². The molecule has 1 unspecified atom stereocenters. The molecule has 2 aromatic rings. The maximum absolute atomic E-state index is 11.6. The van der Waals surface area contributed by atoms with Gasteiger partial charge in [-0.2, -0.15) is 0 Å². The number of hydrogen-bond donors (Lipinski definition) is 0. The number of benzene rings is 1. The summed E-state index contributed by atoms with van der Waals surface area (Å²) in [7, 11) is -1.19. The number of anilines is 1. The van der Waals surface area contributed by atoms with Crippen LogP contribution < -0.4 is 4.90 Å². The number of rotatable bonds is 7. The average Bonchev–Trinajstić information content (AvgIpc) is 3.01. The van der Waals surface area contributed by atoms with Crippen molar-refractivity contribution in [1.82, 2.24) is 9.88 Å². The molecule has 0 aliphatic carbocycles. The monoisotopic (exact) mass is 395 g/mol. The van der Waals surface area contributed by atoms with E-state index in [1.807, 2.05) is 31.5 Å². The Morgan fingerprint density at radius 3 is 2.38 bits per heavy atom. The van der Waals surface area contributed by atoms with Crippen LogP contribution in [0.4, 0.5) is 5.13 Å². The first-order valence-electron chi connectivity index (χ1n) is 8.36. The second kappa shape index (κ2) is 8.28. The number of hydrogen-bond acceptors (Lipinski definition) is 6. The minimum atomic E-state index is -3.18. The summed E-state index contributed by atoms with van der Waals surface area (Å²) >= 11 is 1.47. The van der Waals surface area contributed by atoms with Crippen molar-refractivity contribution in [2.24, 2.45) is 0 Å². The van der Waals surface area contributed by atoms with Gasteiger partial charge < -0.3 is 0 Å². The number of sulfone groups is 1. The molecule has 1 aromatic heterocycles. The first-order chi connectivity index (χ1) is 12.1. The first-order valence-corrected chi connectivity index (χ1v) is 11.1. The second-order valence-corrected chi connectivity index (χ2v) is 9.17. The summed E-state index contributed by atoms with van der Waals surface area (Å²) < 4.78 is 23.1. The molecule has 1 amide bonds. The van der Waals surface area contributed by atoms with Gasteiger partial charge in [-0.05, 0) is 38.6 Å². The number of thiazole rings is 1. The highest BCUT2D eigenvalue weighted by molar-refractivity contribution is 7.90. The van der Waals surface area contributed by atoms with Crippen LogP contribution in [0.3, 0.4) is 0 Å². The quantitative estimate of drug-likeness (QED) is 0.720. The SMILES string of the molecule is CCN(C(C)=O)c1nc(CN(C)C(C)c2ccc(S(C)(=O)=O)cc2)cs1. The molecule has 0 saturated carbocycles. The Morgan fingerprint density at radius 1 is 1.27 bits per heavy atom. The summed E-state index contributed by atoms with van der Waals surface area (Å²) in [6, 6.07) is 7.07. The lowest BCUT2D eigenvalue weighted by atomic mass is 10.1. The highest BCUT2D eigenvalue weighted by atomic mass is 32.2. The van der Waals surface area contributed by atoms with Gasteiger partial charge in [0.05, 0.1) is 10.6 Å². The van der Waals surface area contributed by atoms with Crippen LogP contribution in [0.5, 0.6) is 0 Å².